The van der Waals surface area contributed by atoms with Crippen molar-refractivity contribution in [2.24, 2.45) is 17.1 Å². The van der Waals surface area contributed by atoms with Gasteiger partial charge in [-0.05, 0) is 37.1 Å². The number of nitrogens with two attached hydrogens (primary N) is 1. The molecule has 0 aromatic rings. The van der Waals surface area contributed by atoms with Crippen molar-refractivity contribution in [1.29, 1.82) is 0 Å². The quantitative estimate of drug-likeness (QED) is 0.616. The van der Waals surface area contributed by atoms with E-state index in [1.165, 1.54) is 19.3 Å². The fourth-order valence-corrected chi connectivity index (χ4v) is 2.43. The van der Waals surface area contributed by atoms with Crippen LogP contribution in [-0.2, 0) is 4.74 Å². The molecule has 2 heteroatoms. The highest BCUT2D eigenvalue weighted by molar-refractivity contribution is 4.96. The third-order valence-corrected chi connectivity index (χ3v) is 2.88. The van der Waals surface area contributed by atoms with Gasteiger partial charge in [0, 0.05) is 6.61 Å². The van der Waals surface area contributed by atoms with Crippen molar-refractivity contribution >= 4 is 0 Å². The predicted octanol–water partition coefficient (Wildman–Crippen LogP) is 0.762. The maximum Gasteiger partial charge on any atom is 0.0523 e. The second-order valence-electron chi connectivity index (χ2n) is 3.83. The van der Waals surface area contributed by atoms with E-state index in [4.69, 9.17) is 10.5 Å². The number of hydrogen-bond donors (Lipinski definition) is 1. The van der Waals surface area contributed by atoms with E-state index in [1.807, 2.05) is 0 Å². The molecule has 3 aliphatic rings. The molecule has 58 valence electrons. The van der Waals surface area contributed by atoms with Gasteiger partial charge >= 0.3 is 0 Å². The number of fused-ring (bicyclic) bond motifs is 2. The van der Waals surface area contributed by atoms with Gasteiger partial charge in [-0.1, -0.05) is 0 Å². The Morgan fingerprint density at radius 3 is 2.80 bits per heavy atom. The predicted molar refractivity (Wildman–Crippen MR) is 39.6 cm³/mol. The topological polar surface area (TPSA) is 35.2 Å². The third kappa shape index (κ3) is 0.867. The van der Waals surface area contributed by atoms with Crippen molar-refractivity contribution in [2.75, 3.05) is 19.8 Å². The molecule has 1 aliphatic carbocycles. The Morgan fingerprint density at radius 2 is 2.30 bits per heavy atom. The van der Waals surface area contributed by atoms with Crippen molar-refractivity contribution in [3.8, 4) is 0 Å². The Balaban J connectivity index is 1.92. The van der Waals surface area contributed by atoms with E-state index >= 15 is 0 Å². The third-order valence-electron chi connectivity index (χ3n) is 2.88. The average molecular weight is 141 g/mol. The minimum Gasteiger partial charge on any atom is -0.381 e. The summed E-state index contributed by atoms with van der Waals surface area (Å²) in [5.74, 6) is 0.875. The van der Waals surface area contributed by atoms with E-state index < -0.39 is 0 Å². The van der Waals surface area contributed by atoms with Gasteiger partial charge in [0.1, 0.15) is 0 Å². The van der Waals surface area contributed by atoms with Gasteiger partial charge < -0.3 is 10.5 Å². The summed E-state index contributed by atoms with van der Waals surface area (Å²) in [6.45, 7) is 2.81. The lowest BCUT2D eigenvalue weighted by molar-refractivity contribution is -0.133. The molecule has 2 nitrogen and oxygen atoms in total. The first-order valence-corrected chi connectivity index (χ1v) is 4.12. The van der Waals surface area contributed by atoms with Crippen molar-refractivity contribution in [3.63, 3.8) is 0 Å². The van der Waals surface area contributed by atoms with Gasteiger partial charge in [-0.3, -0.25) is 0 Å². The normalized spacial score (nSPS) is 44.7. The number of hydrogen-bond acceptors (Lipinski definition) is 2. The van der Waals surface area contributed by atoms with E-state index in [1.54, 1.807) is 0 Å². The SMILES string of the molecule is NCCC12COCC(C1)C2. The van der Waals surface area contributed by atoms with Gasteiger partial charge in [-0.15, -0.1) is 0 Å². The van der Waals surface area contributed by atoms with Crippen LogP contribution in [0.3, 0.4) is 0 Å². The highest BCUT2D eigenvalue weighted by Gasteiger charge is 2.46. The average Bonchev–Trinajstić information content (AvgIpc) is 1.87. The van der Waals surface area contributed by atoms with E-state index in [-0.39, 0.29) is 0 Å². The molecule has 3 rings (SSSR count). The second kappa shape index (κ2) is 2.21. The van der Waals surface area contributed by atoms with Crippen molar-refractivity contribution < 1.29 is 4.74 Å². The van der Waals surface area contributed by atoms with E-state index in [0.29, 0.717) is 5.41 Å². The number of ether oxygens (including phenoxy) is 1. The first-order valence-electron chi connectivity index (χ1n) is 4.12. The molecule has 2 heterocycles. The largest absolute Gasteiger partial charge is 0.381 e. The molecule has 3 fully saturated rings. The first kappa shape index (κ1) is 6.62. The lowest BCUT2D eigenvalue weighted by Gasteiger charge is -2.52. The van der Waals surface area contributed by atoms with Crippen LogP contribution in [0, 0.1) is 11.3 Å². The van der Waals surface area contributed by atoms with Crippen LogP contribution < -0.4 is 5.73 Å². The first-order chi connectivity index (χ1) is 4.85. The monoisotopic (exact) mass is 141 g/mol. The van der Waals surface area contributed by atoms with Gasteiger partial charge in [0.2, 0.25) is 0 Å². The summed E-state index contributed by atoms with van der Waals surface area (Å²) in [6.07, 6.45) is 3.93. The van der Waals surface area contributed by atoms with Crippen molar-refractivity contribution in [1.82, 2.24) is 0 Å². The highest BCUT2D eigenvalue weighted by Crippen LogP contribution is 2.51. The standard InChI is InChI=1S/C8H15NO/c9-2-1-8-3-7(4-8)5-10-6-8/h7H,1-6,9H2. The molecule has 0 aromatic heterocycles. The van der Waals surface area contributed by atoms with Crippen LogP contribution in [0.25, 0.3) is 0 Å². The molecular weight excluding hydrogens is 126 g/mol. The Hall–Kier alpha value is -0.0800. The molecule has 0 spiro atoms. The zero-order chi connectivity index (χ0) is 7.03. The zero-order valence-electron chi connectivity index (χ0n) is 6.31. The van der Waals surface area contributed by atoms with Crippen molar-refractivity contribution in [3.05, 3.63) is 0 Å². The molecule has 0 radical (unpaired) electrons. The molecule has 2 saturated heterocycles. The van der Waals surface area contributed by atoms with Gasteiger partial charge in [-0.2, -0.15) is 0 Å². The fraction of sp³-hybridized carbons (Fsp3) is 1.00. The Kier molecular flexibility index (Phi) is 1.46. The second-order valence-corrected chi connectivity index (χ2v) is 3.83. The summed E-state index contributed by atoms with van der Waals surface area (Å²) in [5, 5.41) is 0. The molecule has 2 N–H and O–H groups in total. The molecular formula is C8H15NO. The summed E-state index contributed by atoms with van der Waals surface area (Å²) in [6, 6.07) is 0. The van der Waals surface area contributed by atoms with Crippen LogP contribution >= 0.6 is 0 Å². The number of rotatable bonds is 2. The Labute approximate surface area is 61.7 Å². The lowest BCUT2D eigenvalue weighted by Crippen LogP contribution is -2.49. The summed E-state index contributed by atoms with van der Waals surface area (Å²) in [4.78, 5) is 0. The van der Waals surface area contributed by atoms with Crippen molar-refractivity contribution in [2.45, 2.75) is 19.3 Å². The Bertz CT molecular complexity index is 118. The van der Waals surface area contributed by atoms with E-state index in [2.05, 4.69) is 0 Å². The minimum atomic E-state index is 0.525. The molecule has 1 saturated carbocycles. The highest BCUT2D eigenvalue weighted by atomic mass is 16.5. The zero-order valence-corrected chi connectivity index (χ0v) is 6.31. The minimum absolute atomic E-state index is 0.525. The summed E-state index contributed by atoms with van der Waals surface area (Å²) in [5.41, 5.74) is 6.04. The molecule has 10 heavy (non-hydrogen) atoms. The van der Waals surface area contributed by atoms with Crippen LogP contribution in [0.15, 0.2) is 0 Å². The van der Waals surface area contributed by atoms with Crippen LogP contribution in [0.1, 0.15) is 19.3 Å². The summed E-state index contributed by atoms with van der Waals surface area (Å²) in [7, 11) is 0. The van der Waals surface area contributed by atoms with Gasteiger partial charge in [0.05, 0.1) is 6.61 Å². The van der Waals surface area contributed by atoms with Crippen LogP contribution in [-0.4, -0.2) is 19.8 Å². The van der Waals surface area contributed by atoms with Gasteiger partial charge in [0.15, 0.2) is 0 Å². The van der Waals surface area contributed by atoms with Crippen LogP contribution in [0.5, 0.6) is 0 Å². The van der Waals surface area contributed by atoms with Crippen LogP contribution in [0.2, 0.25) is 0 Å². The molecule has 0 unspecified atom stereocenters. The summed E-state index contributed by atoms with van der Waals surface area (Å²) >= 11 is 0. The molecule has 2 bridgehead atoms. The smallest absolute Gasteiger partial charge is 0.0523 e. The van der Waals surface area contributed by atoms with Gasteiger partial charge in [-0.25, -0.2) is 0 Å². The van der Waals surface area contributed by atoms with E-state index in [9.17, 15) is 0 Å². The maximum atomic E-state index is 5.51. The molecule has 0 amide bonds. The maximum absolute atomic E-state index is 5.51. The van der Waals surface area contributed by atoms with E-state index in [0.717, 1.165) is 25.7 Å². The molecule has 2 aliphatic heterocycles. The molecule has 0 atom stereocenters. The fourth-order valence-electron chi connectivity index (χ4n) is 2.43. The molecule has 0 aromatic carbocycles. The lowest BCUT2D eigenvalue weighted by atomic mass is 9.59. The van der Waals surface area contributed by atoms with Crippen LogP contribution in [0.4, 0.5) is 0 Å². The summed E-state index contributed by atoms with van der Waals surface area (Å²) < 4.78 is 5.43. The Morgan fingerprint density at radius 1 is 1.50 bits per heavy atom. The van der Waals surface area contributed by atoms with Gasteiger partial charge in [0.25, 0.3) is 0 Å².